The van der Waals surface area contributed by atoms with Gasteiger partial charge in [0.1, 0.15) is 22.1 Å². The fourth-order valence-electron chi connectivity index (χ4n) is 1.13. The standard InChI is InChI=1S/C11H10N2OS2/c1-15-10-6-11(13-7-12-10)16-9-4-2-8(14)3-5-9/h2-7,14H,1H3. The van der Waals surface area contributed by atoms with Crippen LogP contribution in [0.3, 0.4) is 0 Å². The smallest absolute Gasteiger partial charge is 0.118 e. The van der Waals surface area contributed by atoms with Crippen LogP contribution in [-0.2, 0) is 0 Å². The van der Waals surface area contributed by atoms with Gasteiger partial charge in [0.05, 0.1) is 0 Å². The molecule has 1 N–H and O–H groups in total. The monoisotopic (exact) mass is 250 g/mol. The highest BCUT2D eigenvalue weighted by Crippen LogP contribution is 2.28. The van der Waals surface area contributed by atoms with Crippen LogP contribution in [0.5, 0.6) is 5.75 Å². The zero-order valence-electron chi connectivity index (χ0n) is 8.62. The summed E-state index contributed by atoms with van der Waals surface area (Å²) < 4.78 is 0. The van der Waals surface area contributed by atoms with E-state index in [-0.39, 0.29) is 5.75 Å². The summed E-state index contributed by atoms with van der Waals surface area (Å²) in [5, 5.41) is 11.0. The Kier molecular flexibility index (Phi) is 3.69. The first-order chi connectivity index (χ1) is 7.78. The van der Waals surface area contributed by atoms with Crippen molar-refractivity contribution in [2.45, 2.75) is 14.9 Å². The maximum Gasteiger partial charge on any atom is 0.118 e. The molecule has 0 amide bonds. The van der Waals surface area contributed by atoms with Crippen molar-refractivity contribution in [2.75, 3.05) is 6.26 Å². The van der Waals surface area contributed by atoms with Crippen LogP contribution in [0.25, 0.3) is 0 Å². The van der Waals surface area contributed by atoms with E-state index in [0.717, 1.165) is 14.9 Å². The molecule has 0 aliphatic rings. The van der Waals surface area contributed by atoms with Gasteiger partial charge in [-0.05, 0) is 30.5 Å². The van der Waals surface area contributed by atoms with Crippen molar-refractivity contribution < 1.29 is 5.11 Å². The highest BCUT2D eigenvalue weighted by Gasteiger charge is 2.00. The molecule has 1 aromatic heterocycles. The zero-order valence-corrected chi connectivity index (χ0v) is 10.3. The van der Waals surface area contributed by atoms with Crippen molar-refractivity contribution in [2.24, 2.45) is 0 Å². The van der Waals surface area contributed by atoms with Gasteiger partial charge in [0.25, 0.3) is 0 Å². The molecule has 0 saturated heterocycles. The van der Waals surface area contributed by atoms with Gasteiger partial charge in [0.15, 0.2) is 0 Å². The molecule has 0 bridgehead atoms. The molecular formula is C11H10N2OS2. The van der Waals surface area contributed by atoms with E-state index in [2.05, 4.69) is 9.97 Å². The van der Waals surface area contributed by atoms with E-state index in [0.29, 0.717) is 0 Å². The Balaban J connectivity index is 2.16. The minimum atomic E-state index is 0.275. The first kappa shape index (κ1) is 11.3. The summed E-state index contributed by atoms with van der Waals surface area (Å²) in [6.07, 6.45) is 3.55. The molecule has 0 fully saturated rings. The van der Waals surface area contributed by atoms with E-state index in [9.17, 15) is 0 Å². The van der Waals surface area contributed by atoms with E-state index in [1.807, 2.05) is 24.5 Å². The van der Waals surface area contributed by atoms with Crippen molar-refractivity contribution in [3.8, 4) is 5.75 Å². The van der Waals surface area contributed by atoms with Gasteiger partial charge in [0.2, 0.25) is 0 Å². The molecule has 16 heavy (non-hydrogen) atoms. The number of thioether (sulfide) groups is 1. The lowest BCUT2D eigenvalue weighted by molar-refractivity contribution is 0.475. The normalized spacial score (nSPS) is 10.3. The summed E-state index contributed by atoms with van der Waals surface area (Å²) >= 11 is 3.14. The minimum Gasteiger partial charge on any atom is -0.508 e. The van der Waals surface area contributed by atoms with E-state index < -0.39 is 0 Å². The number of hydrogen-bond donors (Lipinski definition) is 1. The highest BCUT2D eigenvalue weighted by atomic mass is 32.2. The Morgan fingerprint density at radius 2 is 1.75 bits per heavy atom. The Morgan fingerprint density at radius 1 is 1.06 bits per heavy atom. The summed E-state index contributed by atoms with van der Waals surface area (Å²) in [7, 11) is 0. The van der Waals surface area contributed by atoms with Gasteiger partial charge in [-0.3, -0.25) is 0 Å². The lowest BCUT2D eigenvalue weighted by atomic mass is 10.3. The largest absolute Gasteiger partial charge is 0.508 e. The highest BCUT2D eigenvalue weighted by molar-refractivity contribution is 7.99. The number of aromatic hydroxyl groups is 1. The van der Waals surface area contributed by atoms with Crippen LogP contribution in [0, 0.1) is 0 Å². The van der Waals surface area contributed by atoms with E-state index in [1.54, 1.807) is 42.0 Å². The molecule has 2 rings (SSSR count). The fourth-order valence-corrected chi connectivity index (χ4v) is 2.37. The minimum absolute atomic E-state index is 0.275. The summed E-state index contributed by atoms with van der Waals surface area (Å²) in [5.74, 6) is 0.275. The van der Waals surface area contributed by atoms with Crippen molar-refractivity contribution in [3.63, 3.8) is 0 Å². The second kappa shape index (κ2) is 5.23. The molecule has 1 heterocycles. The van der Waals surface area contributed by atoms with Gasteiger partial charge >= 0.3 is 0 Å². The van der Waals surface area contributed by atoms with Crippen molar-refractivity contribution >= 4 is 23.5 Å². The lowest BCUT2D eigenvalue weighted by Gasteiger charge is -2.01. The fraction of sp³-hybridized carbons (Fsp3) is 0.0909. The summed E-state index contributed by atoms with van der Waals surface area (Å²) in [6.45, 7) is 0. The molecule has 0 spiro atoms. The molecule has 2 aromatic rings. The molecule has 0 atom stereocenters. The molecular weight excluding hydrogens is 240 g/mol. The summed E-state index contributed by atoms with van der Waals surface area (Å²) in [4.78, 5) is 9.34. The second-order valence-electron chi connectivity index (χ2n) is 2.99. The Labute approximate surface area is 102 Å². The number of phenols is 1. The molecule has 0 saturated carbocycles. The Hall–Kier alpha value is -1.20. The van der Waals surface area contributed by atoms with Gasteiger partial charge in [0, 0.05) is 11.0 Å². The molecule has 5 heteroatoms. The Bertz CT molecular complexity index is 474. The molecule has 0 aliphatic carbocycles. The van der Waals surface area contributed by atoms with Gasteiger partial charge in [-0.2, -0.15) is 0 Å². The van der Waals surface area contributed by atoms with Crippen LogP contribution in [0.15, 0.2) is 51.6 Å². The number of rotatable bonds is 3. The predicted molar refractivity (Wildman–Crippen MR) is 66.0 cm³/mol. The Morgan fingerprint density at radius 3 is 2.44 bits per heavy atom. The van der Waals surface area contributed by atoms with Crippen molar-refractivity contribution in [1.82, 2.24) is 9.97 Å². The maximum atomic E-state index is 9.17. The third-order valence-corrected chi connectivity index (χ3v) is 3.47. The first-order valence-corrected chi connectivity index (χ1v) is 6.65. The predicted octanol–water partition coefficient (Wildman–Crippen LogP) is 3.06. The van der Waals surface area contributed by atoms with Crippen LogP contribution >= 0.6 is 23.5 Å². The van der Waals surface area contributed by atoms with Crippen LogP contribution in [0.2, 0.25) is 0 Å². The molecule has 0 aliphatic heterocycles. The van der Waals surface area contributed by atoms with Gasteiger partial charge < -0.3 is 5.11 Å². The summed E-state index contributed by atoms with van der Waals surface area (Å²) in [5.41, 5.74) is 0. The molecule has 0 radical (unpaired) electrons. The van der Waals surface area contributed by atoms with Crippen LogP contribution < -0.4 is 0 Å². The lowest BCUT2D eigenvalue weighted by Crippen LogP contribution is -1.84. The van der Waals surface area contributed by atoms with Gasteiger partial charge in [-0.25, -0.2) is 9.97 Å². The summed E-state index contributed by atoms with van der Waals surface area (Å²) in [6, 6.07) is 9.00. The number of phenolic OH excluding ortho intramolecular Hbond substituents is 1. The number of hydrogen-bond acceptors (Lipinski definition) is 5. The second-order valence-corrected chi connectivity index (χ2v) is 4.91. The SMILES string of the molecule is CSc1cc(Sc2ccc(O)cc2)ncn1. The van der Waals surface area contributed by atoms with Crippen LogP contribution in [0.1, 0.15) is 0 Å². The maximum absolute atomic E-state index is 9.17. The van der Waals surface area contributed by atoms with Gasteiger partial charge in [-0.1, -0.05) is 11.8 Å². The van der Waals surface area contributed by atoms with Crippen LogP contribution in [-0.4, -0.2) is 21.3 Å². The van der Waals surface area contributed by atoms with E-state index in [1.165, 1.54) is 0 Å². The zero-order chi connectivity index (χ0) is 11.4. The number of aromatic nitrogens is 2. The quantitative estimate of drug-likeness (QED) is 0.670. The average Bonchev–Trinajstić information content (AvgIpc) is 2.32. The molecule has 3 nitrogen and oxygen atoms in total. The average molecular weight is 250 g/mol. The topological polar surface area (TPSA) is 46.0 Å². The third-order valence-electron chi connectivity index (χ3n) is 1.89. The molecule has 0 unspecified atom stereocenters. The molecule has 82 valence electrons. The van der Waals surface area contributed by atoms with E-state index >= 15 is 0 Å². The molecule has 1 aromatic carbocycles. The van der Waals surface area contributed by atoms with Crippen molar-refractivity contribution in [1.29, 1.82) is 0 Å². The number of benzene rings is 1. The number of nitrogens with zero attached hydrogens (tertiary/aromatic N) is 2. The first-order valence-electron chi connectivity index (χ1n) is 4.61. The van der Waals surface area contributed by atoms with Crippen molar-refractivity contribution in [3.05, 3.63) is 36.7 Å². The third kappa shape index (κ3) is 2.90. The van der Waals surface area contributed by atoms with Gasteiger partial charge in [-0.15, -0.1) is 11.8 Å². The van der Waals surface area contributed by atoms with Crippen LogP contribution in [0.4, 0.5) is 0 Å². The van der Waals surface area contributed by atoms with E-state index in [4.69, 9.17) is 5.11 Å².